The molecule has 6 rings (SSSR count). The lowest BCUT2D eigenvalue weighted by Crippen LogP contribution is -2.56. The molecule has 0 saturated carbocycles. The number of nitrogens with zero attached hydrogens (tertiary/aromatic N) is 4. The molecule has 12 heteroatoms. The van der Waals surface area contributed by atoms with Gasteiger partial charge < -0.3 is 25.4 Å². The predicted octanol–water partition coefficient (Wildman–Crippen LogP) is 1.73. The van der Waals surface area contributed by atoms with Crippen molar-refractivity contribution in [3.8, 4) is 0 Å². The van der Waals surface area contributed by atoms with Gasteiger partial charge in [0.1, 0.15) is 23.8 Å². The van der Waals surface area contributed by atoms with Crippen LogP contribution in [-0.2, 0) is 32.3 Å². The van der Waals surface area contributed by atoms with E-state index in [2.05, 4.69) is 36.9 Å². The van der Waals surface area contributed by atoms with E-state index in [0.29, 0.717) is 44.3 Å². The van der Waals surface area contributed by atoms with Gasteiger partial charge in [0.15, 0.2) is 0 Å². The Morgan fingerprint density at radius 2 is 1.83 bits per heavy atom. The Morgan fingerprint density at radius 1 is 1.05 bits per heavy atom. The average molecular weight is 626 g/mol. The van der Waals surface area contributed by atoms with Gasteiger partial charge in [-0.25, -0.2) is 4.68 Å². The molecule has 1 aromatic heterocycles. The summed E-state index contributed by atoms with van der Waals surface area (Å²) in [7, 11) is 0. The maximum absolute atomic E-state index is 14.0. The molecule has 41 heavy (non-hydrogen) atoms. The molecule has 3 aliphatic rings. The molecule has 3 unspecified atom stereocenters. The van der Waals surface area contributed by atoms with Gasteiger partial charge in [0.05, 0.1) is 23.5 Å². The van der Waals surface area contributed by atoms with Crippen LogP contribution < -0.4 is 10.6 Å². The molecule has 2 bridgehead atoms. The number of rotatable bonds is 11. The molecule has 3 aromatic rings. The maximum atomic E-state index is 14.0. The fourth-order valence-corrected chi connectivity index (χ4v) is 7.67. The lowest BCUT2D eigenvalue weighted by Gasteiger charge is -2.34. The zero-order valence-electron chi connectivity index (χ0n) is 22.5. The molecule has 1 spiro atoms. The summed E-state index contributed by atoms with van der Waals surface area (Å²) >= 11 is 3.70. The number of hydrogen-bond donors (Lipinski definition) is 3. The number of fused-ring (bicyclic) bond motifs is 2. The fourth-order valence-electron chi connectivity index (χ4n) is 6.73. The van der Waals surface area contributed by atoms with Gasteiger partial charge in [-0.2, -0.15) is 0 Å². The summed E-state index contributed by atoms with van der Waals surface area (Å²) in [6.07, 6.45) is 1.86. The molecule has 216 valence electrons. The highest BCUT2D eigenvalue weighted by atomic mass is 79.9. The highest BCUT2D eigenvalue weighted by Gasteiger charge is 2.76. The first kappa shape index (κ1) is 27.8. The molecule has 3 fully saturated rings. The normalized spacial score (nSPS) is 28.3. The number of para-hydroxylation sites is 1. The minimum absolute atomic E-state index is 0.0655. The van der Waals surface area contributed by atoms with Crippen LogP contribution in [0.5, 0.6) is 0 Å². The van der Waals surface area contributed by atoms with Gasteiger partial charge in [0.2, 0.25) is 17.7 Å². The predicted molar refractivity (Wildman–Crippen MR) is 152 cm³/mol. The zero-order valence-corrected chi connectivity index (χ0v) is 24.1. The summed E-state index contributed by atoms with van der Waals surface area (Å²) in [6, 6.07) is 16.2. The van der Waals surface area contributed by atoms with Gasteiger partial charge in [0.25, 0.3) is 0 Å². The largest absolute Gasteiger partial charge is 0.396 e. The lowest BCUT2D eigenvalue weighted by atomic mass is 9.70. The number of alkyl halides is 1. The number of aliphatic hydroxyl groups is 1. The third-order valence-corrected chi connectivity index (χ3v) is 9.38. The average Bonchev–Trinajstić information content (AvgIpc) is 3.70. The second-order valence-corrected chi connectivity index (χ2v) is 12.1. The van der Waals surface area contributed by atoms with Crippen LogP contribution in [0.3, 0.4) is 0 Å². The van der Waals surface area contributed by atoms with E-state index in [1.807, 2.05) is 54.6 Å². The lowest BCUT2D eigenvalue weighted by molar-refractivity contribution is -0.142. The molecular formula is C29H33BrN6O5. The Hall–Kier alpha value is -3.35. The van der Waals surface area contributed by atoms with Crippen LogP contribution in [0.2, 0.25) is 0 Å². The molecule has 3 aliphatic heterocycles. The van der Waals surface area contributed by atoms with E-state index in [1.165, 1.54) is 0 Å². The van der Waals surface area contributed by atoms with E-state index in [-0.39, 0.29) is 35.8 Å². The molecule has 0 aliphatic carbocycles. The van der Waals surface area contributed by atoms with Crippen molar-refractivity contribution in [2.24, 2.45) is 11.8 Å². The van der Waals surface area contributed by atoms with Crippen molar-refractivity contribution in [3.63, 3.8) is 0 Å². The number of unbranched alkanes of at least 4 members (excludes halogenated alkanes) is 2. The Balaban J connectivity index is 1.25. The van der Waals surface area contributed by atoms with E-state index in [1.54, 1.807) is 9.58 Å². The fraction of sp³-hybridized carbons (Fsp3) is 0.483. The van der Waals surface area contributed by atoms with Crippen LogP contribution in [-0.4, -0.2) is 78.4 Å². The van der Waals surface area contributed by atoms with Crippen LogP contribution in [0, 0.1) is 11.8 Å². The van der Waals surface area contributed by atoms with Crippen LogP contribution >= 0.6 is 15.9 Å². The summed E-state index contributed by atoms with van der Waals surface area (Å²) in [5.41, 5.74) is 1.32. The molecule has 3 amide bonds. The first-order valence-electron chi connectivity index (χ1n) is 14.1. The van der Waals surface area contributed by atoms with Crippen LogP contribution in [0.1, 0.15) is 31.2 Å². The second-order valence-electron chi connectivity index (χ2n) is 11.0. The van der Waals surface area contributed by atoms with Crippen molar-refractivity contribution in [1.82, 2.24) is 30.5 Å². The third-order valence-electron chi connectivity index (χ3n) is 8.53. The number of aliphatic hydroxyl groups excluding tert-OH is 1. The Labute approximate surface area is 245 Å². The number of aromatic nitrogens is 3. The standard InChI is InChI=1S/C29H33BrN6O5/c30-19-15-29-23(22(24(19)41-29)26(38)31-16-18-9-3-1-4-10-18)28(40)35(13-7-2-8-14-37)25(29)27(39)32-17-36-21-12-6-5-11-20(21)33-34-36/h1,3-6,9-12,19,22-25,37H,2,7-8,13-17H2,(H,31,38)(H,32,39)/t19?,22-,23+,24-,25?,29?/m1/s1. The van der Waals surface area contributed by atoms with E-state index in [0.717, 1.165) is 11.1 Å². The van der Waals surface area contributed by atoms with E-state index < -0.39 is 29.6 Å². The highest BCUT2D eigenvalue weighted by molar-refractivity contribution is 9.09. The summed E-state index contributed by atoms with van der Waals surface area (Å²) in [4.78, 5) is 43.0. The molecule has 4 heterocycles. The monoisotopic (exact) mass is 624 g/mol. The number of nitrogens with one attached hydrogen (secondary N) is 2. The molecular weight excluding hydrogens is 592 g/mol. The number of amides is 3. The van der Waals surface area contributed by atoms with Crippen molar-refractivity contribution < 1.29 is 24.2 Å². The minimum Gasteiger partial charge on any atom is -0.396 e. The van der Waals surface area contributed by atoms with E-state index >= 15 is 0 Å². The summed E-state index contributed by atoms with van der Waals surface area (Å²) in [5, 5.41) is 23.5. The Bertz CT molecular complexity index is 1440. The maximum Gasteiger partial charge on any atom is 0.247 e. The highest BCUT2D eigenvalue weighted by Crippen LogP contribution is 2.60. The first-order valence-corrected chi connectivity index (χ1v) is 15.0. The molecule has 3 saturated heterocycles. The number of ether oxygens (including phenoxy) is 1. The second kappa shape index (κ2) is 11.5. The van der Waals surface area contributed by atoms with Gasteiger partial charge in [-0.3, -0.25) is 14.4 Å². The minimum atomic E-state index is -1.13. The quantitative estimate of drug-likeness (QED) is 0.218. The van der Waals surface area contributed by atoms with Crippen LogP contribution in [0.4, 0.5) is 0 Å². The zero-order chi connectivity index (χ0) is 28.6. The number of carbonyl (C=O) groups is 3. The number of halogens is 1. The van der Waals surface area contributed by atoms with Crippen LogP contribution in [0.15, 0.2) is 54.6 Å². The van der Waals surface area contributed by atoms with Crippen molar-refractivity contribution in [3.05, 3.63) is 60.2 Å². The summed E-state index contributed by atoms with van der Waals surface area (Å²) in [6.45, 7) is 0.812. The SMILES string of the molecule is O=C(NCn1nnc2ccccc21)C1N(CCCCCO)C(=O)[C@@H]2[C@@H](C(=O)NCc3ccccc3)[C@@H]3OC12CC3Br. The van der Waals surface area contributed by atoms with Crippen molar-refractivity contribution in [2.75, 3.05) is 13.2 Å². The molecule has 3 N–H and O–H groups in total. The first-order chi connectivity index (χ1) is 19.9. The third kappa shape index (κ3) is 4.91. The van der Waals surface area contributed by atoms with Gasteiger partial charge in [-0.15, -0.1) is 5.10 Å². The van der Waals surface area contributed by atoms with Crippen molar-refractivity contribution in [1.29, 1.82) is 0 Å². The van der Waals surface area contributed by atoms with E-state index in [9.17, 15) is 19.5 Å². The number of carbonyl (C=O) groups excluding carboxylic acids is 3. The van der Waals surface area contributed by atoms with Crippen LogP contribution in [0.25, 0.3) is 11.0 Å². The van der Waals surface area contributed by atoms with E-state index in [4.69, 9.17) is 4.74 Å². The molecule has 6 atom stereocenters. The van der Waals surface area contributed by atoms with Crippen molar-refractivity contribution >= 4 is 44.7 Å². The Kier molecular flexibility index (Phi) is 7.80. The Morgan fingerprint density at radius 3 is 2.63 bits per heavy atom. The van der Waals surface area contributed by atoms with Gasteiger partial charge >= 0.3 is 0 Å². The molecule has 11 nitrogen and oxygen atoms in total. The topological polar surface area (TPSA) is 139 Å². The van der Waals surface area contributed by atoms with Gasteiger partial charge in [-0.1, -0.05) is 63.6 Å². The number of likely N-dealkylation sites (tertiary alicyclic amines) is 1. The summed E-state index contributed by atoms with van der Waals surface area (Å²) in [5.74, 6) is -2.33. The van der Waals surface area contributed by atoms with Gasteiger partial charge in [0, 0.05) is 24.5 Å². The molecule has 0 radical (unpaired) electrons. The number of benzene rings is 2. The van der Waals surface area contributed by atoms with Crippen molar-refractivity contribution in [2.45, 2.75) is 61.5 Å². The smallest absolute Gasteiger partial charge is 0.247 e. The molecule has 2 aromatic carbocycles. The summed E-state index contributed by atoms with van der Waals surface area (Å²) < 4.78 is 8.15. The van der Waals surface area contributed by atoms with Gasteiger partial charge in [-0.05, 0) is 43.4 Å². The number of hydrogen-bond acceptors (Lipinski definition) is 7.